The summed E-state index contributed by atoms with van der Waals surface area (Å²) >= 11 is 5.97. The number of alkyl halides is 3. The number of rotatable bonds is 5. The van der Waals surface area contributed by atoms with E-state index in [9.17, 15) is 22.8 Å². The minimum absolute atomic E-state index is 0.0251. The Morgan fingerprint density at radius 1 is 1.15 bits per heavy atom. The maximum Gasteiger partial charge on any atom is 0.573 e. The molecule has 0 atom stereocenters. The van der Waals surface area contributed by atoms with E-state index in [1.54, 1.807) is 49.9 Å². The highest BCUT2D eigenvalue weighted by Crippen LogP contribution is 2.33. The second kappa shape index (κ2) is 9.74. The Morgan fingerprint density at radius 2 is 1.85 bits per heavy atom. The van der Waals surface area contributed by atoms with E-state index < -0.39 is 23.8 Å². The molecule has 3 heterocycles. The maximum atomic E-state index is 13.2. The molecule has 1 N–H and O–H groups in total. The highest BCUT2D eigenvalue weighted by Gasteiger charge is 2.35. The molecule has 0 radical (unpaired) electrons. The first-order valence-corrected chi connectivity index (χ1v) is 12.5. The first kappa shape index (κ1) is 26.8. The normalized spacial score (nSPS) is 14.6. The molecule has 2 aromatic carbocycles. The van der Waals surface area contributed by atoms with Gasteiger partial charge in [-0.3, -0.25) is 4.79 Å². The standard InChI is InChI=1S/C26H25ClF3N5O4/c1-25(2,3)39-24(37)34-11-14(12-34)13-35-23(36)16-7-5-4-6-15(16)18(33-35)10-22-31-19-8-17(27)21(9-20(19)32-22)38-26(28,29)30/h4-9,14H,10-13H2,1-3H3,(H,31,32). The molecule has 1 saturated heterocycles. The zero-order chi connectivity index (χ0) is 28.1. The van der Waals surface area contributed by atoms with E-state index in [0.29, 0.717) is 47.4 Å². The number of nitrogens with one attached hydrogen (secondary N) is 1. The van der Waals surface area contributed by atoms with E-state index in [2.05, 4.69) is 19.8 Å². The van der Waals surface area contributed by atoms with Crippen molar-refractivity contribution in [3.05, 3.63) is 63.3 Å². The van der Waals surface area contributed by atoms with Crippen molar-refractivity contribution in [2.45, 2.75) is 45.7 Å². The number of carbonyl (C=O) groups is 1. The molecule has 0 saturated carbocycles. The number of halogens is 4. The van der Waals surface area contributed by atoms with Crippen molar-refractivity contribution in [3.63, 3.8) is 0 Å². The summed E-state index contributed by atoms with van der Waals surface area (Å²) in [6, 6.07) is 9.48. The molecular weight excluding hydrogens is 539 g/mol. The highest BCUT2D eigenvalue weighted by molar-refractivity contribution is 6.32. The van der Waals surface area contributed by atoms with Gasteiger partial charge in [0.05, 0.1) is 40.1 Å². The van der Waals surface area contributed by atoms with Crippen LogP contribution in [0.5, 0.6) is 5.75 Å². The van der Waals surface area contributed by atoms with Gasteiger partial charge in [-0.1, -0.05) is 29.8 Å². The van der Waals surface area contributed by atoms with Gasteiger partial charge in [-0.05, 0) is 32.9 Å². The number of hydrogen-bond acceptors (Lipinski definition) is 6. The van der Waals surface area contributed by atoms with Crippen molar-refractivity contribution >= 4 is 39.5 Å². The zero-order valence-electron chi connectivity index (χ0n) is 21.3. The number of aromatic nitrogens is 4. The van der Waals surface area contributed by atoms with Gasteiger partial charge in [0.1, 0.15) is 17.2 Å². The Kier molecular flexibility index (Phi) is 6.69. The van der Waals surface area contributed by atoms with Crippen molar-refractivity contribution in [3.8, 4) is 5.75 Å². The number of H-pyrrole nitrogens is 1. The van der Waals surface area contributed by atoms with E-state index in [4.69, 9.17) is 16.3 Å². The number of fused-ring (bicyclic) bond motifs is 2. The van der Waals surface area contributed by atoms with Crippen LogP contribution < -0.4 is 10.3 Å². The third-order valence-electron chi connectivity index (χ3n) is 6.13. The summed E-state index contributed by atoms with van der Waals surface area (Å²) in [5.41, 5.74) is 0.380. The van der Waals surface area contributed by atoms with Gasteiger partial charge in [0.25, 0.3) is 5.56 Å². The second-order valence-electron chi connectivity index (χ2n) is 10.4. The van der Waals surface area contributed by atoms with Crippen LogP contribution in [0.4, 0.5) is 18.0 Å². The summed E-state index contributed by atoms with van der Waals surface area (Å²) in [7, 11) is 0. The van der Waals surface area contributed by atoms with Crippen LogP contribution in [0.3, 0.4) is 0 Å². The first-order valence-electron chi connectivity index (χ1n) is 12.2. The maximum absolute atomic E-state index is 13.2. The fraction of sp³-hybridized carbons (Fsp3) is 0.385. The van der Waals surface area contributed by atoms with Gasteiger partial charge in [0.2, 0.25) is 0 Å². The van der Waals surface area contributed by atoms with Gasteiger partial charge < -0.3 is 19.4 Å². The third-order valence-corrected chi connectivity index (χ3v) is 6.42. The van der Waals surface area contributed by atoms with Crippen LogP contribution in [-0.2, 0) is 17.7 Å². The Labute approximate surface area is 225 Å². The number of likely N-dealkylation sites (tertiary alicyclic amines) is 1. The van der Waals surface area contributed by atoms with E-state index in [-0.39, 0.29) is 28.4 Å². The Balaban J connectivity index is 1.40. The Hall–Kier alpha value is -3.80. The summed E-state index contributed by atoms with van der Waals surface area (Å²) in [5.74, 6) is -0.0993. The van der Waals surface area contributed by atoms with Crippen LogP contribution in [0.25, 0.3) is 21.8 Å². The first-order chi connectivity index (χ1) is 18.3. The van der Waals surface area contributed by atoms with Crippen LogP contribution in [0.2, 0.25) is 5.02 Å². The lowest BCUT2D eigenvalue weighted by atomic mass is 10.0. The van der Waals surface area contributed by atoms with Gasteiger partial charge >= 0.3 is 12.5 Å². The van der Waals surface area contributed by atoms with Crippen molar-refractivity contribution in [1.29, 1.82) is 0 Å². The van der Waals surface area contributed by atoms with E-state index in [0.717, 1.165) is 6.07 Å². The van der Waals surface area contributed by atoms with Crippen molar-refractivity contribution < 1.29 is 27.4 Å². The van der Waals surface area contributed by atoms with Gasteiger partial charge in [-0.15, -0.1) is 13.2 Å². The molecule has 39 heavy (non-hydrogen) atoms. The number of benzene rings is 2. The molecule has 0 aliphatic carbocycles. The van der Waals surface area contributed by atoms with Gasteiger partial charge in [0.15, 0.2) is 0 Å². The van der Waals surface area contributed by atoms with Crippen molar-refractivity contribution in [2.75, 3.05) is 13.1 Å². The number of amides is 1. The molecule has 1 amide bonds. The SMILES string of the molecule is CC(C)(C)OC(=O)N1CC(Cn2nc(Cc3nc4cc(OC(F)(F)F)c(Cl)cc4[nH]3)c3ccccc3c2=O)C1. The molecule has 0 unspecified atom stereocenters. The molecule has 1 aliphatic heterocycles. The monoisotopic (exact) mass is 563 g/mol. The molecular formula is C26H25ClF3N5O4. The van der Waals surface area contributed by atoms with Crippen LogP contribution >= 0.6 is 11.6 Å². The van der Waals surface area contributed by atoms with Crippen LogP contribution in [0, 0.1) is 5.92 Å². The lowest BCUT2D eigenvalue weighted by molar-refractivity contribution is -0.274. The van der Waals surface area contributed by atoms with Gasteiger partial charge in [0, 0.05) is 30.5 Å². The molecule has 0 spiro atoms. The molecule has 0 bridgehead atoms. The van der Waals surface area contributed by atoms with E-state index in [1.807, 2.05) is 0 Å². The lowest BCUT2D eigenvalue weighted by Crippen LogP contribution is -2.53. The molecule has 1 fully saturated rings. The predicted octanol–water partition coefficient (Wildman–Crippen LogP) is 5.28. The molecule has 206 valence electrons. The fourth-order valence-corrected chi connectivity index (χ4v) is 4.68. The lowest BCUT2D eigenvalue weighted by Gasteiger charge is -2.39. The summed E-state index contributed by atoms with van der Waals surface area (Å²) in [5, 5.41) is 5.51. The zero-order valence-corrected chi connectivity index (χ0v) is 22.1. The fourth-order valence-electron chi connectivity index (χ4n) is 4.47. The topological polar surface area (TPSA) is 102 Å². The van der Waals surface area contributed by atoms with Crippen molar-refractivity contribution in [1.82, 2.24) is 24.6 Å². The smallest absolute Gasteiger partial charge is 0.444 e. The highest BCUT2D eigenvalue weighted by atomic mass is 35.5. The summed E-state index contributed by atoms with van der Waals surface area (Å²) in [4.78, 5) is 34.5. The Bertz CT molecular complexity index is 1620. The van der Waals surface area contributed by atoms with Crippen molar-refractivity contribution in [2.24, 2.45) is 5.92 Å². The number of imidazole rings is 1. The number of hydrogen-bond donors (Lipinski definition) is 1. The minimum atomic E-state index is -4.89. The molecule has 4 aromatic rings. The summed E-state index contributed by atoms with van der Waals surface area (Å²) in [6.07, 6.45) is -5.11. The third kappa shape index (κ3) is 5.95. The summed E-state index contributed by atoms with van der Waals surface area (Å²) < 4.78 is 48.9. The predicted molar refractivity (Wildman–Crippen MR) is 138 cm³/mol. The molecule has 9 nitrogen and oxygen atoms in total. The number of nitrogens with zero attached hydrogens (tertiary/aromatic N) is 4. The molecule has 13 heteroatoms. The Morgan fingerprint density at radius 3 is 2.51 bits per heavy atom. The van der Waals surface area contributed by atoms with Crippen LogP contribution in [0.15, 0.2) is 41.2 Å². The van der Waals surface area contributed by atoms with E-state index in [1.165, 1.54) is 10.7 Å². The molecule has 5 rings (SSSR count). The van der Waals surface area contributed by atoms with Gasteiger partial charge in [-0.25, -0.2) is 14.5 Å². The number of carbonyl (C=O) groups excluding carboxylic acids is 1. The second-order valence-corrected chi connectivity index (χ2v) is 10.8. The summed E-state index contributed by atoms with van der Waals surface area (Å²) in [6.45, 7) is 6.59. The van der Waals surface area contributed by atoms with Crippen LogP contribution in [-0.4, -0.2) is 55.8 Å². The van der Waals surface area contributed by atoms with Crippen LogP contribution in [0.1, 0.15) is 32.3 Å². The largest absolute Gasteiger partial charge is 0.573 e. The number of aromatic amines is 1. The van der Waals surface area contributed by atoms with E-state index >= 15 is 0 Å². The minimum Gasteiger partial charge on any atom is -0.444 e. The van der Waals surface area contributed by atoms with Gasteiger partial charge in [-0.2, -0.15) is 5.10 Å². The number of ether oxygens (including phenoxy) is 2. The molecule has 1 aliphatic rings. The quantitative estimate of drug-likeness (QED) is 0.354. The average Bonchev–Trinajstić information content (AvgIpc) is 3.17. The average molecular weight is 564 g/mol. The molecule has 2 aromatic heterocycles.